The Morgan fingerprint density at radius 3 is 1.15 bits per heavy atom. The van der Waals surface area contributed by atoms with Crippen LogP contribution in [0.3, 0.4) is 0 Å². The van der Waals surface area contributed by atoms with Gasteiger partial charge in [0.25, 0.3) is 0 Å². The molecule has 0 aromatic heterocycles. The number of benzene rings is 1. The minimum Gasteiger partial charge on any atom is -0.353 e. The molecule has 20 heavy (non-hydrogen) atoms. The zero-order valence-electron chi connectivity index (χ0n) is 11.5. The van der Waals surface area contributed by atoms with E-state index in [1.54, 1.807) is 0 Å². The molecular formula is C14H20N2S4. The Kier molecular flexibility index (Phi) is 6.06. The number of thioether (sulfide) groups is 4. The van der Waals surface area contributed by atoms with Crippen molar-refractivity contribution in [3.8, 4) is 0 Å². The number of hydrogen-bond acceptors (Lipinski definition) is 6. The van der Waals surface area contributed by atoms with Crippen LogP contribution in [-0.2, 0) is 0 Å². The molecule has 6 heteroatoms. The summed E-state index contributed by atoms with van der Waals surface area (Å²) in [5.41, 5.74) is 2.73. The Morgan fingerprint density at radius 2 is 0.850 bits per heavy atom. The lowest BCUT2D eigenvalue weighted by Crippen LogP contribution is -2.22. The topological polar surface area (TPSA) is 6.48 Å². The van der Waals surface area contributed by atoms with Gasteiger partial charge in [-0.25, -0.2) is 0 Å². The summed E-state index contributed by atoms with van der Waals surface area (Å²) in [6.07, 6.45) is 0. The molecule has 0 atom stereocenters. The number of nitrogens with zero attached hydrogens (tertiary/aromatic N) is 2. The van der Waals surface area contributed by atoms with Crippen molar-refractivity contribution in [1.29, 1.82) is 0 Å². The summed E-state index contributed by atoms with van der Waals surface area (Å²) in [4.78, 5) is 4.97. The average Bonchev–Trinajstić information content (AvgIpc) is 2.92. The van der Waals surface area contributed by atoms with Gasteiger partial charge in [-0.15, -0.1) is 47.0 Å². The van der Waals surface area contributed by atoms with Crippen molar-refractivity contribution in [2.45, 2.75) is 0 Å². The molecule has 2 aliphatic heterocycles. The molecule has 0 saturated carbocycles. The smallest absolute Gasteiger partial charge is 0.0648 e. The van der Waals surface area contributed by atoms with Crippen LogP contribution in [-0.4, -0.2) is 46.5 Å². The number of rotatable bonds is 2. The maximum absolute atomic E-state index is 2.48. The molecule has 2 saturated heterocycles. The minimum absolute atomic E-state index is 1.13. The monoisotopic (exact) mass is 344 g/mol. The predicted molar refractivity (Wildman–Crippen MR) is 101 cm³/mol. The molecule has 0 N–H and O–H groups in total. The lowest BCUT2D eigenvalue weighted by atomic mass is 10.2. The molecule has 2 heterocycles. The van der Waals surface area contributed by atoms with Gasteiger partial charge >= 0.3 is 0 Å². The second kappa shape index (κ2) is 8.01. The summed E-state index contributed by atoms with van der Waals surface area (Å²) in [7, 11) is 0. The van der Waals surface area contributed by atoms with Crippen molar-refractivity contribution < 1.29 is 0 Å². The fourth-order valence-electron chi connectivity index (χ4n) is 2.18. The van der Waals surface area contributed by atoms with E-state index < -0.39 is 0 Å². The van der Waals surface area contributed by atoms with E-state index in [2.05, 4.69) is 34.1 Å². The second-order valence-corrected chi connectivity index (χ2v) is 9.04. The third-order valence-corrected chi connectivity index (χ3v) is 7.78. The van der Waals surface area contributed by atoms with Crippen molar-refractivity contribution >= 4 is 58.4 Å². The molecule has 0 radical (unpaired) electrons. The first-order valence-corrected chi connectivity index (χ1v) is 11.5. The first kappa shape index (κ1) is 15.1. The summed E-state index contributed by atoms with van der Waals surface area (Å²) < 4.78 is 0. The predicted octanol–water partition coefficient (Wildman–Crippen LogP) is 4.09. The van der Waals surface area contributed by atoms with Gasteiger partial charge in [0, 0.05) is 34.4 Å². The average molecular weight is 345 g/mol. The molecule has 0 spiro atoms. The van der Waals surface area contributed by atoms with Gasteiger partial charge in [-0.3, -0.25) is 0 Å². The van der Waals surface area contributed by atoms with Gasteiger partial charge in [-0.05, 0) is 24.3 Å². The molecule has 0 aliphatic carbocycles. The van der Waals surface area contributed by atoms with Gasteiger partial charge in [0.15, 0.2) is 0 Å². The van der Waals surface area contributed by atoms with Crippen LogP contribution < -0.4 is 9.80 Å². The van der Waals surface area contributed by atoms with Gasteiger partial charge in [0.05, 0.1) is 23.5 Å². The summed E-state index contributed by atoms with van der Waals surface area (Å²) in [5, 5.41) is 0. The molecule has 0 bridgehead atoms. The van der Waals surface area contributed by atoms with Crippen LogP contribution in [0.15, 0.2) is 24.3 Å². The standard InChI is InChI=1S/C14H20N2S4/c1-2-14(16-11-19-7-8-20-12-16)4-3-13(1)15-9-17-5-6-18-10-15/h1-4H,5-12H2. The zero-order valence-corrected chi connectivity index (χ0v) is 14.8. The van der Waals surface area contributed by atoms with E-state index in [4.69, 9.17) is 0 Å². The van der Waals surface area contributed by atoms with E-state index in [1.807, 2.05) is 47.0 Å². The number of hydrogen-bond donors (Lipinski definition) is 0. The zero-order chi connectivity index (χ0) is 13.6. The molecule has 3 rings (SSSR count). The second-order valence-electron chi connectivity index (χ2n) is 4.75. The highest BCUT2D eigenvalue weighted by Gasteiger charge is 2.13. The lowest BCUT2D eigenvalue weighted by Gasteiger charge is -2.24. The van der Waals surface area contributed by atoms with E-state index in [1.165, 1.54) is 34.4 Å². The first-order chi connectivity index (χ1) is 9.93. The Morgan fingerprint density at radius 1 is 0.550 bits per heavy atom. The molecule has 2 fully saturated rings. The quantitative estimate of drug-likeness (QED) is 0.791. The molecule has 110 valence electrons. The Labute approximate surface area is 138 Å². The highest BCUT2D eigenvalue weighted by Crippen LogP contribution is 2.28. The van der Waals surface area contributed by atoms with Gasteiger partial charge in [0.1, 0.15) is 0 Å². The number of anilines is 2. The van der Waals surface area contributed by atoms with Crippen molar-refractivity contribution in [1.82, 2.24) is 0 Å². The molecular weight excluding hydrogens is 324 g/mol. The Balaban J connectivity index is 1.66. The lowest BCUT2D eigenvalue weighted by molar-refractivity contribution is 1.05. The van der Waals surface area contributed by atoms with Gasteiger partial charge in [-0.2, -0.15) is 0 Å². The van der Waals surface area contributed by atoms with Crippen molar-refractivity contribution in [3.05, 3.63) is 24.3 Å². The minimum atomic E-state index is 1.13. The Bertz CT molecular complexity index is 357. The van der Waals surface area contributed by atoms with Crippen LogP contribution >= 0.6 is 47.0 Å². The molecule has 0 amide bonds. The molecule has 1 aromatic carbocycles. The van der Waals surface area contributed by atoms with Gasteiger partial charge < -0.3 is 9.80 Å². The van der Waals surface area contributed by atoms with Crippen LogP contribution in [0.1, 0.15) is 0 Å². The van der Waals surface area contributed by atoms with E-state index in [9.17, 15) is 0 Å². The van der Waals surface area contributed by atoms with Gasteiger partial charge in [0.2, 0.25) is 0 Å². The largest absolute Gasteiger partial charge is 0.353 e. The summed E-state index contributed by atoms with van der Waals surface area (Å²) in [5.74, 6) is 9.62. The third-order valence-electron chi connectivity index (χ3n) is 3.31. The molecule has 2 nitrogen and oxygen atoms in total. The van der Waals surface area contributed by atoms with E-state index >= 15 is 0 Å². The first-order valence-electron chi connectivity index (χ1n) is 6.84. The van der Waals surface area contributed by atoms with Crippen molar-refractivity contribution in [2.24, 2.45) is 0 Å². The van der Waals surface area contributed by atoms with Crippen LogP contribution in [0.2, 0.25) is 0 Å². The molecule has 0 unspecified atom stereocenters. The maximum atomic E-state index is 2.48. The van der Waals surface area contributed by atoms with Crippen LogP contribution in [0.4, 0.5) is 11.4 Å². The maximum Gasteiger partial charge on any atom is 0.0648 e. The van der Waals surface area contributed by atoms with E-state index in [0.29, 0.717) is 0 Å². The third kappa shape index (κ3) is 4.12. The highest BCUT2D eigenvalue weighted by molar-refractivity contribution is 8.04. The Hall–Kier alpha value is 0.220. The van der Waals surface area contributed by atoms with Crippen molar-refractivity contribution in [2.75, 3.05) is 56.3 Å². The van der Waals surface area contributed by atoms with Crippen LogP contribution in [0, 0.1) is 0 Å². The SMILES string of the molecule is c1cc(N2CSCCSC2)ccc1N1CSCCSC1. The summed E-state index contributed by atoms with van der Waals surface area (Å²) in [6.45, 7) is 0. The van der Waals surface area contributed by atoms with E-state index in [0.717, 1.165) is 23.5 Å². The fourth-order valence-corrected chi connectivity index (χ4v) is 6.66. The summed E-state index contributed by atoms with van der Waals surface area (Å²) in [6, 6.07) is 9.17. The normalized spacial score (nSPS) is 21.4. The van der Waals surface area contributed by atoms with Crippen LogP contribution in [0.25, 0.3) is 0 Å². The van der Waals surface area contributed by atoms with Crippen LogP contribution in [0.5, 0.6) is 0 Å². The highest BCUT2D eigenvalue weighted by atomic mass is 32.2. The summed E-state index contributed by atoms with van der Waals surface area (Å²) >= 11 is 8.17. The van der Waals surface area contributed by atoms with E-state index in [-0.39, 0.29) is 0 Å². The molecule has 2 aliphatic rings. The fraction of sp³-hybridized carbons (Fsp3) is 0.571. The molecule has 1 aromatic rings. The van der Waals surface area contributed by atoms with Gasteiger partial charge in [-0.1, -0.05) is 0 Å². The van der Waals surface area contributed by atoms with Crippen molar-refractivity contribution in [3.63, 3.8) is 0 Å².